The summed E-state index contributed by atoms with van der Waals surface area (Å²) in [7, 11) is -3.36. The highest BCUT2D eigenvalue weighted by atomic mass is 32.2. The minimum absolute atomic E-state index is 0.0149. The van der Waals surface area contributed by atoms with Crippen molar-refractivity contribution >= 4 is 22.0 Å². The van der Waals surface area contributed by atoms with Crippen LogP contribution in [0.5, 0.6) is 0 Å². The van der Waals surface area contributed by atoms with Gasteiger partial charge in [-0.1, -0.05) is 13.3 Å². The minimum Gasteiger partial charge on any atom is -0.312 e. The van der Waals surface area contributed by atoms with Gasteiger partial charge in [0.1, 0.15) is 0 Å². The van der Waals surface area contributed by atoms with Gasteiger partial charge >= 0.3 is 0 Å². The smallest absolute Gasteiger partial charge is 0.280 e. The molecule has 2 fully saturated rings. The molecule has 2 aliphatic rings. The first-order valence-electron chi connectivity index (χ1n) is 8.13. The van der Waals surface area contributed by atoms with Crippen molar-refractivity contribution in [2.45, 2.75) is 64.1 Å². The normalized spacial score (nSPS) is 25.9. The highest BCUT2D eigenvalue weighted by molar-refractivity contribution is 7.99. The standard InChI is InChI=1S/C14H29N3O2S2/c1-3-20-11-12(2)16-21(18,19)17-9-5-4-6-14(17)10-15-13-7-8-13/h12-16H,3-11H2,1-2H3. The molecule has 1 saturated carbocycles. The third kappa shape index (κ3) is 5.71. The summed E-state index contributed by atoms with van der Waals surface area (Å²) in [6.45, 7) is 5.49. The lowest BCUT2D eigenvalue weighted by Crippen LogP contribution is -2.54. The molecule has 0 aromatic carbocycles. The molecule has 1 heterocycles. The van der Waals surface area contributed by atoms with Gasteiger partial charge in [-0.3, -0.25) is 0 Å². The molecule has 124 valence electrons. The Kier molecular flexibility index (Phi) is 6.80. The monoisotopic (exact) mass is 335 g/mol. The van der Waals surface area contributed by atoms with Crippen molar-refractivity contribution in [1.29, 1.82) is 0 Å². The van der Waals surface area contributed by atoms with Crippen molar-refractivity contribution in [2.75, 3.05) is 24.6 Å². The summed E-state index contributed by atoms with van der Waals surface area (Å²) in [4.78, 5) is 0. The van der Waals surface area contributed by atoms with Crippen LogP contribution >= 0.6 is 11.8 Å². The van der Waals surface area contributed by atoms with Gasteiger partial charge in [0.25, 0.3) is 10.2 Å². The summed E-state index contributed by atoms with van der Waals surface area (Å²) in [5, 5.41) is 3.48. The second kappa shape index (κ2) is 8.15. The molecule has 2 rings (SSSR count). The molecule has 2 N–H and O–H groups in total. The van der Waals surface area contributed by atoms with E-state index < -0.39 is 10.2 Å². The quantitative estimate of drug-likeness (QED) is 0.671. The first-order valence-corrected chi connectivity index (χ1v) is 10.7. The summed E-state index contributed by atoms with van der Waals surface area (Å²) in [6.07, 6.45) is 5.55. The average molecular weight is 336 g/mol. The van der Waals surface area contributed by atoms with Crippen molar-refractivity contribution in [2.24, 2.45) is 0 Å². The third-order valence-electron chi connectivity index (χ3n) is 4.02. The number of thioether (sulfide) groups is 1. The zero-order chi connectivity index (χ0) is 15.3. The van der Waals surface area contributed by atoms with Crippen LogP contribution in [-0.4, -0.2) is 55.4 Å². The lowest BCUT2D eigenvalue weighted by atomic mass is 10.1. The molecule has 1 saturated heterocycles. The zero-order valence-electron chi connectivity index (χ0n) is 13.2. The van der Waals surface area contributed by atoms with Crippen LogP contribution in [0.25, 0.3) is 0 Å². The van der Waals surface area contributed by atoms with Crippen molar-refractivity contribution < 1.29 is 8.42 Å². The molecule has 0 aromatic heterocycles. The molecule has 0 amide bonds. The summed E-state index contributed by atoms with van der Waals surface area (Å²) in [6, 6.07) is 0.728. The fourth-order valence-electron chi connectivity index (χ4n) is 2.74. The van der Waals surface area contributed by atoms with E-state index >= 15 is 0 Å². The molecule has 0 aromatic rings. The molecule has 1 aliphatic carbocycles. The maximum absolute atomic E-state index is 12.6. The molecule has 21 heavy (non-hydrogen) atoms. The van der Waals surface area contributed by atoms with Gasteiger partial charge in [-0.2, -0.15) is 29.2 Å². The van der Waals surface area contributed by atoms with Gasteiger partial charge in [-0.05, 0) is 38.4 Å². The summed E-state index contributed by atoms with van der Waals surface area (Å²) in [5.41, 5.74) is 0. The number of piperidine rings is 1. The summed E-state index contributed by atoms with van der Waals surface area (Å²) < 4.78 is 29.8. The van der Waals surface area contributed by atoms with Gasteiger partial charge in [-0.25, -0.2) is 0 Å². The fourth-order valence-corrected chi connectivity index (χ4v) is 5.18. The molecule has 0 radical (unpaired) electrons. The van der Waals surface area contributed by atoms with Crippen LogP contribution in [0.1, 0.15) is 46.0 Å². The molecular formula is C14H29N3O2S2. The van der Waals surface area contributed by atoms with E-state index in [0.717, 1.165) is 37.3 Å². The number of rotatable bonds is 9. The summed E-state index contributed by atoms with van der Waals surface area (Å²) >= 11 is 1.77. The van der Waals surface area contributed by atoms with Gasteiger partial charge < -0.3 is 5.32 Å². The predicted molar refractivity (Wildman–Crippen MR) is 89.9 cm³/mol. The van der Waals surface area contributed by atoms with E-state index in [0.29, 0.717) is 12.6 Å². The highest BCUT2D eigenvalue weighted by Crippen LogP contribution is 2.23. The van der Waals surface area contributed by atoms with Crippen molar-refractivity contribution in [3.05, 3.63) is 0 Å². The second-order valence-corrected chi connectivity index (χ2v) is 9.10. The van der Waals surface area contributed by atoms with E-state index in [9.17, 15) is 8.42 Å². The highest BCUT2D eigenvalue weighted by Gasteiger charge is 2.34. The van der Waals surface area contributed by atoms with E-state index in [-0.39, 0.29) is 12.1 Å². The fraction of sp³-hybridized carbons (Fsp3) is 1.00. The molecule has 7 heteroatoms. The Labute approximate surface area is 133 Å². The van der Waals surface area contributed by atoms with Gasteiger partial charge in [0.15, 0.2) is 0 Å². The number of nitrogens with one attached hydrogen (secondary N) is 2. The van der Waals surface area contributed by atoms with Crippen LogP contribution in [0.4, 0.5) is 0 Å². The predicted octanol–water partition coefficient (Wildman–Crippen LogP) is 1.57. The van der Waals surface area contributed by atoms with Crippen LogP contribution in [0.15, 0.2) is 0 Å². The molecule has 0 spiro atoms. The Hall–Kier alpha value is 0.180. The van der Waals surface area contributed by atoms with Crippen LogP contribution in [0.2, 0.25) is 0 Å². The largest absolute Gasteiger partial charge is 0.312 e. The van der Waals surface area contributed by atoms with Crippen molar-refractivity contribution in [3.63, 3.8) is 0 Å². The number of nitrogens with zero attached hydrogens (tertiary/aromatic N) is 1. The lowest BCUT2D eigenvalue weighted by Gasteiger charge is -2.35. The summed E-state index contributed by atoms with van der Waals surface area (Å²) in [5.74, 6) is 1.85. The lowest BCUT2D eigenvalue weighted by molar-refractivity contribution is 0.241. The van der Waals surface area contributed by atoms with E-state index in [1.807, 2.05) is 6.92 Å². The van der Waals surface area contributed by atoms with E-state index in [4.69, 9.17) is 0 Å². The van der Waals surface area contributed by atoms with Gasteiger partial charge in [0.05, 0.1) is 0 Å². The zero-order valence-corrected chi connectivity index (χ0v) is 14.8. The molecule has 0 bridgehead atoms. The Balaban J connectivity index is 1.90. The van der Waals surface area contributed by atoms with Crippen LogP contribution in [0, 0.1) is 0 Å². The van der Waals surface area contributed by atoms with Gasteiger partial charge in [-0.15, -0.1) is 0 Å². The number of hydrogen-bond donors (Lipinski definition) is 2. The van der Waals surface area contributed by atoms with E-state index in [2.05, 4.69) is 17.0 Å². The third-order valence-corrected chi connectivity index (χ3v) is 6.97. The Bertz CT molecular complexity index is 412. The van der Waals surface area contributed by atoms with Crippen LogP contribution < -0.4 is 10.0 Å². The minimum atomic E-state index is -3.36. The van der Waals surface area contributed by atoms with Gasteiger partial charge in [0, 0.05) is 37.0 Å². The Morgan fingerprint density at radius 2 is 2.05 bits per heavy atom. The Morgan fingerprint density at radius 1 is 1.29 bits per heavy atom. The molecule has 1 aliphatic heterocycles. The van der Waals surface area contributed by atoms with Crippen molar-refractivity contribution in [1.82, 2.24) is 14.3 Å². The van der Waals surface area contributed by atoms with Crippen LogP contribution in [-0.2, 0) is 10.2 Å². The van der Waals surface area contributed by atoms with Crippen LogP contribution in [0.3, 0.4) is 0 Å². The Morgan fingerprint density at radius 3 is 2.71 bits per heavy atom. The maximum Gasteiger partial charge on any atom is 0.280 e. The molecule has 2 atom stereocenters. The number of hydrogen-bond acceptors (Lipinski definition) is 4. The maximum atomic E-state index is 12.6. The topological polar surface area (TPSA) is 61.4 Å². The van der Waals surface area contributed by atoms with Crippen molar-refractivity contribution in [3.8, 4) is 0 Å². The molecular weight excluding hydrogens is 306 g/mol. The molecule has 2 unspecified atom stereocenters. The molecule has 5 nitrogen and oxygen atoms in total. The van der Waals surface area contributed by atoms with Gasteiger partial charge in [0.2, 0.25) is 0 Å². The SMILES string of the molecule is CCSCC(C)NS(=O)(=O)N1CCCCC1CNC1CC1. The first kappa shape index (κ1) is 17.5. The average Bonchev–Trinajstić information content (AvgIpc) is 3.27. The van der Waals surface area contributed by atoms with E-state index in [1.54, 1.807) is 16.1 Å². The first-order chi connectivity index (χ1) is 10.0. The second-order valence-electron chi connectivity index (χ2n) is 6.13. The van der Waals surface area contributed by atoms with E-state index in [1.165, 1.54) is 12.8 Å².